The van der Waals surface area contributed by atoms with Crippen LogP contribution in [0, 0.1) is 0 Å². The Morgan fingerprint density at radius 2 is 1.95 bits per heavy atom. The summed E-state index contributed by atoms with van der Waals surface area (Å²) in [6.07, 6.45) is 0.553. The molecule has 0 bridgehead atoms. The molecule has 1 aliphatic rings. The number of halogens is 2. The van der Waals surface area contributed by atoms with Gasteiger partial charge in [0.2, 0.25) is 0 Å². The van der Waals surface area contributed by atoms with Gasteiger partial charge in [0.25, 0.3) is 0 Å². The molecule has 0 N–H and O–H groups in total. The molecule has 1 heterocycles. The van der Waals surface area contributed by atoms with Crippen molar-refractivity contribution in [1.82, 2.24) is 4.90 Å². The highest BCUT2D eigenvalue weighted by atomic mass is 35.5. The van der Waals surface area contributed by atoms with Gasteiger partial charge in [-0.15, -0.1) is 0 Å². The molecule has 2 atom stereocenters. The maximum atomic E-state index is 6.05. The summed E-state index contributed by atoms with van der Waals surface area (Å²) in [5, 5.41) is 1.22. The Morgan fingerprint density at radius 3 is 2.63 bits per heavy atom. The van der Waals surface area contributed by atoms with Crippen molar-refractivity contribution in [2.24, 2.45) is 0 Å². The van der Waals surface area contributed by atoms with E-state index in [0.29, 0.717) is 22.4 Å². The fourth-order valence-electron chi connectivity index (χ4n) is 2.34. The summed E-state index contributed by atoms with van der Waals surface area (Å²) >= 11 is 12.0. The van der Waals surface area contributed by atoms with Gasteiger partial charge in [0.15, 0.2) is 0 Å². The van der Waals surface area contributed by atoms with Gasteiger partial charge in [-0.2, -0.15) is 0 Å². The largest absolute Gasteiger partial charge is 0.491 e. The molecule has 3 nitrogen and oxygen atoms in total. The highest BCUT2D eigenvalue weighted by Gasteiger charge is 2.21. The van der Waals surface area contributed by atoms with Gasteiger partial charge >= 0.3 is 0 Å². The maximum Gasteiger partial charge on any atom is 0.139 e. The number of rotatable bonds is 4. The van der Waals surface area contributed by atoms with Crippen LogP contribution in [-0.2, 0) is 4.74 Å². The zero-order chi connectivity index (χ0) is 13.8. The summed E-state index contributed by atoms with van der Waals surface area (Å²) in [4.78, 5) is 2.34. The number of ether oxygens (including phenoxy) is 2. The second kappa shape index (κ2) is 6.80. The summed E-state index contributed by atoms with van der Waals surface area (Å²) in [5.41, 5.74) is 0. The van der Waals surface area contributed by atoms with Crippen molar-refractivity contribution in [1.29, 1.82) is 0 Å². The fourth-order valence-corrected chi connectivity index (χ4v) is 2.67. The first-order valence-corrected chi connectivity index (χ1v) is 7.26. The van der Waals surface area contributed by atoms with Crippen LogP contribution >= 0.6 is 23.2 Å². The summed E-state index contributed by atoms with van der Waals surface area (Å²) in [6.45, 7) is 7.53. The van der Waals surface area contributed by atoms with Crippen LogP contribution in [0.15, 0.2) is 18.2 Å². The minimum absolute atomic E-state index is 0.276. The Bertz CT molecular complexity index is 418. The van der Waals surface area contributed by atoms with Crippen LogP contribution in [0.2, 0.25) is 10.0 Å². The van der Waals surface area contributed by atoms with Crippen molar-refractivity contribution in [3.8, 4) is 5.75 Å². The van der Waals surface area contributed by atoms with Crippen molar-refractivity contribution in [3.63, 3.8) is 0 Å². The van der Waals surface area contributed by atoms with E-state index in [1.807, 2.05) is 0 Å². The molecule has 0 aromatic heterocycles. The zero-order valence-electron chi connectivity index (χ0n) is 11.2. The highest BCUT2D eigenvalue weighted by Crippen LogP contribution is 2.27. The van der Waals surface area contributed by atoms with Gasteiger partial charge in [-0.3, -0.25) is 4.90 Å². The molecule has 2 rings (SSSR count). The van der Waals surface area contributed by atoms with Gasteiger partial charge in [-0.25, -0.2) is 0 Å². The molecule has 1 aliphatic heterocycles. The molecule has 19 heavy (non-hydrogen) atoms. The predicted octanol–water partition coefficient (Wildman–Crippen LogP) is 3.48. The van der Waals surface area contributed by atoms with Gasteiger partial charge in [-0.05, 0) is 26.0 Å². The molecule has 0 amide bonds. The van der Waals surface area contributed by atoms with Crippen molar-refractivity contribution >= 4 is 23.2 Å². The van der Waals surface area contributed by atoms with E-state index >= 15 is 0 Å². The molecule has 106 valence electrons. The number of morpholine rings is 1. The number of nitrogens with zero attached hydrogens (tertiary/aromatic N) is 1. The van der Waals surface area contributed by atoms with Crippen molar-refractivity contribution in [2.75, 3.05) is 26.2 Å². The van der Waals surface area contributed by atoms with Crippen LogP contribution in [0.3, 0.4) is 0 Å². The molecule has 5 heteroatoms. The molecule has 0 saturated carbocycles. The van der Waals surface area contributed by atoms with Gasteiger partial charge < -0.3 is 9.47 Å². The summed E-state index contributed by atoms with van der Waals surface area (Å²) in [6, 6.07) is 5.24. The number of hydrogen-bond acceptors (Lipinski definition) is 3. The van der Waals surface area contributed by atoms with E-state index in [1.54, 1.807) is 18.2 Å². The molecule has 0 aliphatic carbocycles. The third-order valence-corrected chi connectivity index (χ3v) is 3.60. The monoisotopic (exact) mass is 303 g/mol. The van der Waals surface area contributed by atoms with Crippen LogP contribution in [0.4, 0.5) is 0 Å². The van der Waals surface area contributed by atoms with Crippen molar-refractivity contribution in [2.45, 2.75) is 26.1 Å². The summed E-state index contributed by atoms with van der Waals surface area (Å²) in [5.74, 6) is 0.642. The quantitative estimate of drug-likeness (QED) is 0.850. The molecule has 0 radical (unpaired) electrons. The molecular formula is C14H19Cl2NO2. The Labute approximate surface area is 124 Å². The maximum absolute atomic E-state index is 6.05. The van der Waals surface area contributed by atoms with Crippen LogP contribution in [-0.4, -0.2) is 43.3 Å². The molecular weight excluding hydrogens is 285 g/mol. The van der Waals surface area contributed by atoms with Gasteiger partial charge in [0, 0.05) is 30.7 Å². The van der Waals surface area contributed by atoms with Crippen LogP contribution < -0.4 is 4.74 Å². The standard InChI is InChI=1S/C14H19Cl2NO2/c1-10-8-17(9-11(2)19-10)5-6-18-14-7-12(15)3-4-13(14)16/h3-4,7,10-11H,5-6,8-9H2,1-2H3. The van der Waals surface area contributed by atoms with E-state index in [1.165, 1.54) is 0 Å². The third kappa shape index (κ3) is 4.53. The Kier molecular flexibility index (Phi) is 5.34. The lowest BCUT2D eigenvalue weighted by atomic mass is 10.2. The van der Waals surface area contributed by atoms with Crippen LogP contribution in [0.5, 0.6) is 5.75 Å². The lowest BCUT2D eigenvalue weighted by molar-refractivity contribution is -0.0699. The first-order valence-electron chi connectivity index (χ1n) is 6.50. The summed E-state index contributed by atoms with van der Waals surface area (Å²) in [7, 11) is 0. The van der Waals surface area contributed by atoms with Gasteiger partial charge in [0.1, 0.15) is 12.4 Å². The average Bonchev–Trinajstić information content (AvgIpc) is 2.32. The van der Waals surface area contributed by atoms with Crippen molar-refractivity contribution in [3.05, 3.63) is 28.2 Å². The minimum atomic E-state index is 0.276. The van der Waals surface area contributed by atoms with Crippen molar-refractivity contribution < 1.29 is 9.47 Å². The van der Waals surface area contributed by atoms with Gasteiger partial charge in [-0.1, -0.05) is 23.2 Å². The molecule has 2 unspecified atom stereocenters. The Morgan fingerprint density at radius 1 is 1.26 bits per heavy atom. The van der Waals surface area contributed by atoms with E-state index in [4.69, 9.17) is 32.7 Å². The number of hydrogen-bond donors (Lipinski definition) is 0. The number of benzene rings is 1. The van der Waals surface area contributed by atoms with Gasteiger partial charge in [0.05, 0.1) is 17.2 Å². The van der Waals surface area contributed by atoms with E-state index in [0.717, 1.165) is 19.6 Å². The van der Waals surface area contributed by atoms with E-state index < -0.39 is 0 Å². The molecule has 1 saturated heterocycles. The molecule has 1 aromatic rings. The van der Waals surface area contributed by atoms with E-state index in [2.05, 4.69) is 18.7 Å². The lowest BCUT2D eigenvalue weighted by Crippen LogP contribution is -2.46. The Balaban J connectivity index is 1.81. The molecule has 1 aromatic carbocycles. The van der Waals surface area contributed by atoms with E-state index in [9.17, 15) is 0 Å². The Hall–Kier alpha value is -0.480. The van der Waals surface area contributed by atoms with Crippen LogP contribution in [0.25, 0.3) is 0 Å². The summed E-state index contributed by atoms with van der Waals surface area (Å²) < 4.78 is 11.4. The first kappa shape index (κ1) is 14.9. The predicted molar refractivity (Wildman–Crippen MR) is 78.4 cm³/mol. The first-order chi connectivity index (χ1) is 9.04. The smallest absolute Gasteiger partial charge is 0.139 e. The molecule has 0 spiro atoms. The van der Waals surface area contributed by atoms with Crippen LogP contribution in [0.1, 0.15) is 13.8 Å². The minimum Gasteiger partial charge on any atom is -0.491 e. The van der Waals surface area contributed by atoms with E-state index in [-0.39, 0.29) is 12.2 Å². The highest BCUT2D eigenvalue weighted by molar-refractivity contribution is 6.34. The third-order valence-electron chi connectivity index (χ3n) is 3.05. The fraction of sp³-hybridized carbons (Fsp3) is 0.571. The normalized spacial score (nSPS) is 24.4. The second-order valence-corrected chi connectivity index (χ2v) is 5.78. The SMILES string of the molecule is CC1CN(CCOc2cc(Cl)ccc2Cl)CC(C)O1. The lowest BCUT2D eigenvalue weighted by Gasteiger charge is -2.35. The second-order valence-electron chi connectivity index (χ2n) is 4.94. The molecule has 1 fully saturated rings. The topological polar surface area (TPSA) is 21.7 Å². The zero-order valence-corrected chi connectivity index (χ0v) is 12.7. The average molecular weight is 304 g/mol.